The summed E-state index contributed by atoms with van der Waals surface area (Å²) in [7, 11) is 0. The van der Waals surface area contributed by atoms with Gasteiger partial charge in [-0.05, 0) is 36.8 Å². The average Bonchev–Trinajstić information content (AvgIpc) is 2.59. The first-order valence-corrected chi connectivity index (χ1v) is 8.33. The molecule has 2 N–H and O–H groups in total. The number of hydrogen-bond acceptors (Lipinski definition) is 4. The minimum Gasteiger partial charge on any atom is -0.452 e. The molecule has 0 aliphatic rings. The van der Waals surface area contributed by atoms with Gasteiger partial charge in [-0.25, -0.2) is 4.79 Å². The Balaban J connectivity index is 1.90. The van der Waals surface area contributed by atoms with Gasteiger partial charge in [0.2, 0.25) is 5.91 Å². The van der Waals surface area contributed by atoms with E-state index < -0.39 is 18.5 Å². The molecular weight excluding hydrogens is 356 g/mol. The lowest BCUT2D eigenvalue weighted by Crippen LogP contribution is -2.31. The molecule has 0 aliphatic heterocycles. The SMILES string of the molecule is CC(=O)Nc1cccc(C(=O)OCC(=O)N[C@H](C)c2ccccc2Cl)c1. The van der Waals surface area contributed by atoms with Crippen molar-refractivity contribution in [3.05, 3.63) is 64.7 Å². The lowest BCUT2D eigenvalue weighted by atomic mass is 10.1. The number of carbonyl (C=O) groups is 3. The first-order chi connectivity index (χ1) is 12.4. The molecule has 2 rings (SSSR count). The summed E-state index contributed by atoms with van der Waals surface area (Å²) in [5.74, 6) is -1.34. The summed E-state index contributed by atoms with van der Waals surface area (Å²) in [6.07, 6.45) is 0. The van der Waals surface area contributed by atoms with Crippen LogP contribution < -0.4 is 10.6 Å². The van der Waals surface area contributed by atoms with Gasteiger partial charge in [-0.1, -0.05) is 35.9 Å². The van der Waals surface area contributed by atoms with Gasteiger partial charge in [-0.2, -0.15) is 0 Å². The molecule has 2 aromatic rings. The van der Waals surface area contributed by atoms with Gasteiger partial charge in [-0.3, -0.25) is 9.59 Å². The van der Waals surface area contributed by atoms with E-state index in [-0.39, 0.29) is 17.5 Å². The minimum absolute atomic E-state index is 0.239. The number of esters is 1. The molecule has 0 bridgehead atoms. The molecule has 0 fully saturated rings. The van der Waals surface area contributed by atoms with Gasteiger partial charge >= 0.3 is 5.97 Å². The molecule has 0 heterocycles. The zero-order valence-electron chi connectivity index (χ0n) is 14.4. The number of nitrogens with one attached hydrogen (secondary N) is 2. The van der Waals surface area contributed by atoms with Gasteiger partial charge in [0.1, 0.15) is 0 Å². The van der Waals surface area contributed by atoms with Crippen LogP contribution in [0.2, 0.25) is 5.02 Å². The quantitative estimate of drug-likeness (QED) is 0.759. The molecule has 2 amide bonds. The Hall–Kier alpha value is -2.86. The van der Waals surface area contributed by atoms with Crippen molar-refractivity contribution in [3.63, 3.8) is 0 Å². The second-order valence-corrected chi connectivity index (χ2v) is 6.06. The van der Waals surface area contributed by atoms with Crippen LogP contribution in [0.5, 0.6) is 0 Å². The molecule has 0 aromatic heterocycles. The third kappa shape index (κ3) is 5.60. The van der Waals surface area contributed by atoms with Crippen LogP contribution in [0.25, 0.3) is 0 Å². The van der Waals surface area contributed by atoms with E-state index in [0.29, 0.717) is 10.7 Å². The van der Waals surface area contributed by atoms with Crippen LogP contribution in [0.15, 0.2) is 48.5 Å². The molecule has 2 aromatic carbocycles. The van der Waals surface area contributed by atoms with Crippen LogP contribution in [0.4, 0.5) is 5.69 Å². The Kier molecular flexibility index (Phi) is 6.74. The van der Waals surface area contributed by atoms with E-state index in [4.69, 9.17) is 16.3 Å². The average molecular weight is 375 g/mol. The van der Waals surface area contributed by atoms with E-state index in [9.17, 15) is 14.4 Å². The standard InChI is InChI=1S/C19H19ClN2O4/c1-12(16-8-3-4-9-17(16)20)21-18(24)11-26-19(25)14-6-5-7-15(10-14)22-13(2)23/h3-10,12H,11H2,1-2H3,(H,21,24)(H,22,23)/t12-/m1/s1. The molecule has 0 saturated carbocycles. The first-order valence-electron chi connectivity index (χ1n) is 7.95. The maximum atomic E-state index is 12.1. The summed E-state index contributed by atoms with van der Waals surface area (Å²) in [6.45, 7) is 2.74. The van der Waals surface area contributed by atoms with Gasteiger partial charge in [-0.15, -0.1) is 0 Å². The highest BCUT2D eigenvalue weighted by Crippen LogP contribution is 2.22. The Morgan fingerprint density at radius 3 is 2.54 bits per heavy atom. The van der Waals surface area contributed by atoms with Crippen LogP contribution >= 0.6 is 11.6 Å². The molecule has 7 heteroatoms. The monoisotopic (exact) mass is 374 g/mol. The van der Waals surface area contributed by atoms with Gasteiger partial charge in [0.05, 0.1) is 11.6 Å². The van der Waals surface area contributed by atoms with Crippen molar-refractivity contribution in [2.24, 2.45) is 0 Å². The molecule has 0 aliphatic carbocycles. The van der Waals surface area contributed by atoms with E-state index in [1.807, 2.05) is 12.1 Å². The fraction of sp³-hybridized carbons (Fsp3) is 0.211. The van der Waals surface area contributed by atoms with Crippen molar-refractivity contribution in [1.29, 1.82) is 0 Å². The zero-order valence-corrected chi connectivity index (χ0v) is 15.2. The van der Waals surface area contributed by atoms with Gasteiger partial charge in [0.25, 0.3) is 5.91 Å². The van der Waals surface area contributed by atoms with E-state index in [1.54, 1.807) is 31.2 Å². The Morgan fingerprint density at radius 2 is 1.85 bits per heavy atom. The smallest absolute Gasteiger partial charge is 0.338 e. The summed E-state index contributed by atoms with van der Waals surface area (Å²) < 4.78 is 5.02. The highest BCUT2D eigenvalue weighted by Gasteiger charge is 2.15. The third-order valence-electron chi connectivity index (χ3n) is 3.50. The van der Waals surface area contributed by atoms with Gasteiger partial charge in [0, 0.05) is 17.6 Å². The maximum Gasteiger partial charge on any atom is 0.338 e. The molecule has 6 nitrogen and oxygen atoms in total. The van der Waals surface area contributed by atoms with E-state index in [0.717, 1.165) is 5.56 Å². The zero-order chi connectivity index (χ0) is 19.1. The molecule has 0 unspecified atom stereocenters. The number of halogens is 1. The van der Waals surface area contributed by atoms with Crippen LogP contribution in [0, 0.1) is 0 Å². The fourth-order valence-corrected chi connectivity index (χ4v) is 2.63. The maximum absolute atomic E-state index is 12.1. The van der Waals surface area contributed by atoms with Crippen LogP contribution in [0.3, 0.4) is 0 Å². The predicted octanol–water partition coefficient (Wildman–Crippen LogP) is 3.33. The summed E-state index contributed by atoms with van der Waals surface area (Å²) >= 11 is 6.09. The lowest BCUT2D eigenvalue weighted by molar-refractivity contribution is -0.124. The number of amides is 2. The summed E-state index contributed by atoms with van der Waals surface area (Å²) in [5, 5.41) is 5.85. The Bertz CT molecular complexity index is 823. The number of ether oxygens (including phenoxy) is 1. The normalized spacial score (nSPS) is 11.3. The van der Waals surface area contributed by atoms with Crippen molar-refractivity contribution in [1.82, 2.24) is 5.32 Å². The summed E-state index contributed by atoms with van der Waals surface area (Å²) in [6, 6.07) is 13.1. The number of rotatable bonds is 6. The number of hydrogen-bond donors (Lipinski definition) is 2. The van der Waals surface area contributed by atoms with Crippen LogP contribution in [-0.4, -0.2) is 24.4 Å². The fourth-order valence-electron chi connectivity index (χ4n) is 2.33. The molecule has 136 valence electrons. The molecule has 26 heavy (non-hydrogen) atoms. The van der Waals surface area contributed by atoms with Crippen molar-refractivity contribution in [3.8, 4) is 0 Å². The number of anilines is 1. The van der Waals surface area contributed by atoms with Crippen molar-refractivity contribution >= 4 is 35.1 Å². The summed E-state index contributed by atoms with van der Waals surface area (Å²) in [4.78, 5) is 35.1. The molecule has 1 atom stereocenters. The second-order valence-electron chi connectivity index (χ2n) is 5.65. The van der Waals surface area contributed by atoms with Crippen LogP contribution in [0.1, 0.15) is 35.8 Å². The van der Waals surface area contributed by atoms with Crippen molar-refractivity contribution in [2.45, 2.75) is 19.9 Å². The third-order valence-corrected chi connectivity index (χ3v) is 3.85. The highest BCUT2D eigenvalue weighted by molar-refractivity contribution is 6.31. The van der Waals surface area contributed by atoms with E-state index in [1.165, 1.54) is 19.1 Å². The molecular formula is C19H19ClN2O4. The molecule has 0 saturated heterocycles. The van der Waals surface area contributed by atoms with Crippen molar-refractivity contribution < 1.29 is 19.1 Å². The number of benzene rings is 2. The number of carbonyl (C=O) groups excluding carboxylic acids is 3. The van der Waals surface area contributed by atoms with E-state index >= 15 is 0 Å². The first kappa shape index (κ1) is 19.5. The van der Waals surface area contributed by atoms with E-state index in [2.05, 4.69) is 10.6 Å². The van der Waals surface area contributed by atoms with Gasteiger partial charge < -0.3 is 15.4 Å². The van der Waals surface area contributed by atoms with Crippen LogP contribution in [-0.2, 0) is 14.3 Å². The Labute approximate surface area is 156 Å². The van der Waals surface area contributed by atoms with Gasteiger partial charge in [0.15, 0.2) is 6.61 Å². The molecule has 0 radical (unpaired) electrons. The predicted molar refractivity (Wildman–Crippen MR) is 99.0 cm³/mol. The lowest BCUT2D eigenvalue weighted by Gasteiger charge is -2.15. The highest BCUT2D eigenvalue weighted by atomic mass is 35.5. The summed E-state index contributed by atoms with van der Waals surface area (Å²) in [5.41, 5.74) is 1.49. The topological polar surface area (TPSA) is 84.5 Å². The Morgan fingerprint density at radius 1 is 1.12 bits per heavy atom. The second kappa shape index (κ2) is 9.01. The van der Waals surface area contributed by atoms with Crippen molar-refractivity contribution in [2.75, 3.05) is 11.9 Å². The molecule has 0 spiro atoms. The minimum atomic E-state index is -0.655. The largest absolute Gasteiger partial charge is 0.452 e.